The Kier molecular flexibility index (Phi) is 4.71. The van der Waals surface area contributed by atoms with Crippen LogP contribution in [0.5, 0.6) is 0 Å². The molecular weight excluding hydrogens is 278 g/mol. The van der Waals surface area contributed by atoms with Crippen molar-refractivity contribution in [3.63, 3.8) is 0 Å². The van der Waals surface area contributed by atoms with Gasteiger partial charge in [-0.3, -0.25) is 14.9 Å². The summed E-state index contributed by atoms with van der Waals surface area (Å²) in [4.78, 5) is 23.6. The van der Waals surface area contributed by atoms with E-state index in [0.29, 0.717) is 5.56 Å². The van der Waals surface area contributed by atoms with E-state index in [9.17, 15) is 14.9 Å². The molecule has 0 amide bonds. The van der Waals surface area contributed by atoms with Gasteiger partial charge in [-0.1, -0.05) is 60.7 Å². The largest absolute Gasteiger partial charge is 0.294 e. The fourth-order valence-corrected chi connectivity index (χ4v) is 2.52. The fraction of sp³-hybridized carbons (Fsp3) is 0.278. The van der Waals surface area contributed by atoms with Gasteiger partial charge in [-0.15, -0.1) is 0 Å². The molecule has 0 saturated heterocycles. The Morgan fingerprint density at radius 3 is 2.05 bits per heavy atom. The van der Waals surface area contributed by atoms with E-state index in [2.05, 4.69) is 0 Å². The Bertz CT molecular complexity index is 651. The Morgan fingerprint density at radius 2 is 1.55 bits per heavy atom. The number of nitro groups is 1. The highest BCUT2D eigenvalue weighted by Crippen LogP contribution is 2.34. The van der Waals surface area contributed by atoms with E-state index in [4.69, 9.17) is 0 Å². The lowest BCUT2D eigenvalue weighted by molar-refractivity contribution is -0.565. The van der Waals surface area contributed by atoms with Crippen LogP contribution in [-0.2, 0) is 0 Å². The molecule has 1 atom stereocenters. The van der Waals surface area contributed by atoms with Gasteiger partial charge in [0.1, 0.15) is 0 Å². The summed E-state index contributed by atoms with van der Waals surface area (Å²) in [7, 11) is 0. The van der Waals surface area contributed by atoms with Crippen LogP contribution >= 0.6 is 0 Å². The van der Waals surface area contributed by atoms with E-state index in [1.165, 1.54) is 0 Å². The van der Waals surface area contributed by atoms with E-state index in [1.807, 2.05) is 36.4 Å². The molecule has 0 heterocycles. The van der Waals surface area contributed by atoms with Gasteiger partial charge in [0, 0.05) is 30.8 Å². The van der Waals surface area contributed by atoms with Crippen molar-refractivity contribution in [3.8, 4) is 0 Å². The second kappa shape index (κ2) is 6.52. The lowest BCUT2D eigenvalue weighted by atomic mass is 9.78. The summed E-state index contributed by atoms with van der Waals surface area (Å²) in [5, 5.41) is 11.4. The molecule has 0 radical (unpaired) electrons. The summed E-state index contributed by atoms with van der Waals surface area (Å²) in [5.41, 5.74) is 0.183. The van der Waals surface area contributed by atoms with Crippen LogP contribution in [0.3, 0.4) is 0 Å². The topological polar surface area (TPSA) is 60.2 Å². The Morgan fingerprint density at radius 1 is 1.05 bits per heavy atom. The number of hydrogen-bond donors (Lipinski definition) is 0. The lowest BCUT2D eigenvalue weighted by Crippen LogP contribution is -2.39. The lowest BCUT2D eigenvalue weighted by Gasteiger charge is -2.26. The maximum atomic E-state index is 12.5. The quantitative estimate of drug-likeness (QED) is 0.458. The summed E-state index contributed by atoms with van der Waals surface area (Å²) in [6, 6.07) is 18.1. The number of Topliss-reactive ketones (excluding diaryl/α,β-unsaturated/α-hetero) is 1. The number of hydrogen-bond acceptors (Lipinski definition) is 3. The zero-order valence-electron chi connectivity index (χ0n) is 12.7. The molecule has 4 nitrogen and oxygen atoms in total. The van der Waals surface area contributed by atoms with Crippen molar-refractivity contribution >= 4 is 5.78 Å². The van der Waals surface area contributed by atoms with Gasteiger partial charge in [-0.05, 0) is 5.56 Å². The van der Waals surface area contributed by atoms with Crippen molar-refractivity contribution in [2.75, 3.05) is 0 Å². The smallest absolute Gasteiger partial charge is 0.223 e. The number of rotatable bonds is 6. The molecule has 2 aromatic carbocycles. The van der Waals surface area contributed by atoms with Gasteiger partial charge >= 0.3 is 0 Å². The second-order valence-corrected chi connectivity index (χ2v) is 5.87. The molecular formula is C18H19NO3. The third-order valence-electron chi connectivity index (χ3n) is 4.01. The Labute approximate surface area is 129 Å². The third-order valence-corrected chi connectivity index (χ3v) is 4.01. The first-order chi connectivity index (χ1) is 10.4. The molecule has 2 aromatic rings. The first kappa shape index (κ1) is 15.9. The molecule has 0 fully saturated rings. The average molecular weight is 297 g/mol. The van der Waals surface area contributed by atoms with Crippen LogP contribution in [0.15, 0.2) is 60.7 Å². The number of carbonyl (C=O) groups excluding carboxylic acids is 1. The highest BCUT2D eigenvalue weighted by atomic mass is 16.6. The van der Waals surface area contributed by atoms with Gasteiger partial charge in [-0.2, -0.15) is 0 Å². The molecule has 0 saturated carbocycles. The number of ketones is 1. The monoisotopic (exact) mass is 297 g/mol. The number of nitrogens with zero attached hydrogens (tertiary/aromatic N) is 1. The van der Waals surface area contributed by atoms with Crippen molar-refractivity contribution in [1.82, 2.24) is 0 Å². The minimum Gasteiger partial charge on any atom is -0.294 e. The van der Waals surface area contributed by atoms with E-state index < -0.39 is 11.5 Å². The molecule has 0 bridgehead atoms. The molecule has 4 heteroatoms. The second-order valence-electron chi connectivity index (χ2n) is 5.87. The summed E-state index contributed by atoms with van der Waals surface area (Å²) in [6.45, 7) is 3.14. The minimum absolute atomic E-state index is 0.0793. The van der Waals surface area contributed by atoms with Crippen LogP contribution in [0.1, 0.15) is 42.1 Å². The Hall–Kier alpha value is -2.49. The molecule has 22 heavy (non-hydrogen) atoms. The zero-order valence-corrected chi connectivity index (χ0v) is 12.7. The van der Waals surface area contributed by atoms with Crippen LogP contribution in [0.25, 0.3) is 0 Å². The van der Waals surface area contributed by atoms with E-state index in [0.717, 1.165) is 5.56 Å². The molecule has 0 N–H and O–H groups in total. The summed E-state index contributed by atoms with van der Waals surface area (Å²) in [6.07, 6.45) is 0.113. The molecule has 0 aliphatic rings. The molecule has 2 rings (SSSR count). The SMILES string of the molecule is CC(C)([C@H](CC(=O)c1ccccc1)c1ccccc1)[N+](=O)[O-]. The molecule has 0 aromatic heterocycles. The van der Waals surface area contributed by atoms with Gasteiger partial charge in [0.2, 0.25) is 5.54 Å². The van der Waals surface area contributed by atoms with Gasteiger partial charge in [0.15, 0.2) is 5.78 Å². The highest BCUT2D eigenvalue weighted by Gasteiger charge is 2.42. The maximum absolute atomic E-state index is 12.5. The van der Waals surface area contributed by atoms with Gasteiger partial charge < -0.3 is 0 Å². The first-order valence-electron chi connectivity index (χ1n) is 7.20. The maximum Gasteiger partial charge on any atom is 0.223 e. The van der Waals surface area contributed by atoms with Crippen molar-refractivity contribution in [3.05, 3.63) is 81.9 Å². The third kappa shape index (κ3) is 3.39. The van der Waals surface area contributed by atoms with Crippen molar-refractivity contribution in [2.24, 2.45) is 0 Å². The summed E-state index contributed by atoms with van der Waals surface area (Å²) in [5.74, 6) is -0.555. The van der Waals surface area contributed by atoms with Gasteiger partial charge in [-0.25, -0.2) is 0 Å². The predicted octanol–water partition coefficient (Wildman–Crippen LogP) is 4.10. The number of carbonyl (C=O) groups is 1. The molecule has 0 aliphatic carbocycles. The van der Waals surface area contributed by atoms with E-state index >= 15 is 0 Å². The van der Waals surface area contributed by atoms with E-state index in [-0.39, 0.29) is 17.1 Å². The van der Waals surface area contributed by atoms with Crippen molar-refractivity contribution in [1.29, 1.82) is 0 Å². The molecule has 0 spiro atoms. The summed E-state index contributed by atoms with van der Waals surface area (Å²) >= 11 is 0. The minimum atomic E-state index is -1.22. The first-order valence-corrected chi connectivity index (χ1v) is 7.20. The summed E-state index contributed by atoms with van der Waals surface area (Å²) < 4.78 is 0. The predicted molar refractivity (Wildman–Crippen MR) is 85.6 cm³/mol. The van der Waals surface area contributed by atoms with Crippen LogP contribution in [-0.4, -0.2) is 16.2 Å². The van der Waals surface area contributed by atoms with Crippen LogP contribution < -0.4 is 0 Å². The Balaban J connectivity index is 2.34. The van der Waals surface area contributed by atoms with Crippen molar-refractivity contribution < 1.29 is 9.72 Å². The van der Waals surface area contributed by atoms with Crippen LogP contribution in [0.2, 0.25) is 0 Å². The van der Waals surface area contributed by atoms with E-state index in [1.54, 1.807) is 38.1 Å². The normalized spacial score (nSPS) is 12.6. The molecule has 0 unspecified atom stereocenters. The number of benzene rings is 2. The van der Waals surface area contributed by atoms with Crippen molar-refractivity contribution in [2.45, 2.75) is 31.7 Å². The fourth-order valence-electron chi connectivity index (χ4n) is 2.52. The zero-order chi connectivity index (χ0) is 16.2. The van der Waals surface area contributed by atoms with Crippen LogP contribution in [0.4, 0.5) is 0 Å². The highest BCUT2D eigenvalue weighted by molar-refractivity contribution is 5.96. The van der Waals surface area contributed by atoms with Gasteiger partial charge in [0.05, 0.1) is 5.92 Å². The standard InChI is InChI=1S/C18H19NO3/c1-18(2,19(21)22)16(14-9-5-3-6-10-14)13-17(20)15-11-7-4-8-12-15/h3-12,16H,13H2,1-2H3/t16-/m1/s1. The van der Waals surface area contributed by atoms with Gasteiger partial charge in [0.25, 0.3) is 0 Å². The van der Waals surface area contributed by atoms with Crippen LogP contribution in [0, 0.1) is 10.1 Å². The molecule has 114 valence electrons. The molecule has 0 aliphatic heterocycles. The average Bonchev–Trinajstić information content (AvgIpc) is 2.53.